The molecule has 0 saturated carbocycles. The van der Waals surface area contributed by atoms with E-state index in [0.29, 0.717) is 0 Å². The topological polar surface area (TPSA) is 38.5 Å². The average Bonchev–Trinajstić information content (AvgIpc) is 2.28. The van der Waals surface area contributed by atoms with Gasteiger partial charge in [-0.25, -0.2) is 0 Å². The lowest BCUT2D eigenvalue weighted by atomic mass is 10.0. The predicted molar refractivity (Wildman–Crippen MR) is 79.6 cm³/mol. The molecule has 0 amide bonds. The van der Waals surface area contributed by atoms with Crippen molar-refractivity contribution in [3.8, 4) is 5.75 Å². The van der Waals surface area contributed by atoms with E-state index in [0.717, 1.165) is 25.1 Å². The van der Waals surface area contributed by atoms with Gasteiger partial charge < -0.3 is 15.4 Å². The normalized spacial score (nSPS) is 12.1. The van der Waals surface area contributed by atoms with Crippen LogP contribution in [0.25, 0.3) is 0 Å². The highest BCUT2D eigenvalue weighted by Crippen LogP contribution is 2.22. The summed E-state index contributed by atoms with van der Waals surface area (Å²) >= 11 is 0. The van der Waals surface area contributed by atoms with Crippen LogP contribution in [0.3, 0.4) is 0 Å². The van der Waals surface area contributed by atoms with Crippen LogP contribution in [0.2, 0.25) is 0 Å². The maximum absolute atomic E-state index is 6.01. The van der Waals surface area contributed by atoms with E-state index in [1.807, 2.05) is 6.07 Å². The standard InChI is InChI=1S/C14H24N2O.ClH/c1-5-13(15)9-12-8-11(10-16(2)3)6-7-14(12)17-4;/h6-8,13H,5,9-10,15H2,1-4H3;1H. The fourth-order valence-electron chi connectivity index (χ4n) is 1.88. The van der Waals surface area contributed by atoms with Crippen molar-refractivity contribution in [3.63, 3.8) is 0 Å². The van der Waals surface area contributed by atoms with Crippen molar-refractivity contribution in [3.05, 3.63) is 29.3 Å². The second kappa shape index (κ2) is 8.35. The molecule has 3 nitrogen and oxygen atoms in total. The summed E-state index contributed by atoms with van der Waals surface area (Å²) in [6.07, 6.45) is 1.86. The molecule has 0 radical (unpaired) electrons. The van der Waals surface area contributed by atoms with Gasteiger partial charge >= 0.3 is 0 Å². The third-order valence-corrected chi connectivity index (χ3v) is 2.85. The molecule has 2 N–H and O–H groups in total. The van der Waals surface area contributed by atoms with E-state index >= 15 is 0 Å². The monoisotopic (exact) mass is 272 g/mol. The van der Waals surface area contributed by atoms with Crippen molar-refractivity contribution >= 4 is 12.4 Å². The van der Waals surface area contributed by atoms with E-state index in [2.05, 4.69) is 38.1 Å². The molecule has 0 aliphatic rings. The molecule has 1 aromatic carbocycles. The van der Waals surface area contributed by atoms with Crippen molar-refractivity contribution in [2.75, 3.05) is 21.2 Å². The molecule has 0 fully saturated rings. The lowest BCUT2D eigenvalue weighted by Gasteiger charge is -2.16. The van der Waals surface area contributed by atoms with Gasteiger partial charge in [0, 0.05) is 12.6 Å². The van der Waals surface area contributed by atoms with Gasteiger partial charge in [-0.1, -0.05) is 19.1 Å². The minimum Gasteiger partial charge on any atom is -0.496 e. The highest BCUT2D eigenvalue weighted by atomic mass is 35.5. The van der Waals surface area contributed by atoms with Gasteiger partial charge in [0.25, 0.3) is 0 Å². The fraction of sp³-hybridized carbons (Fsp3) is 0.571. The first kappa shape index (κ1) is 17.2. The zero-order chi connectivity index (χ0) is 12.8. The molecule has 0 heterocycles. The predicted octanol–water partition coefficient (Wildman–Crippen LogP) is 2.46. The third-order valence-electron chi connectivity index (χ3n) is 2.85. The minimum atomic E-state index is 0. The molecular formula is C14H25ClN2O. The van der Waals surface area contributed by atoms with E-state index in [1.54, 1.807) is 7.11 Å². The summed E-state index contributed by atoms with van der Waals surface area (Å²) < 4.78 is 5.38. The van der Waals surface area contributed by atoms with E-state index in [9.17, 15) is 0 Å². The second-order valence-electron chi connectivity index (χ2n) is 4.76. The molecule has 0 bridgehead atoms. The number of hydrogen-bond acceptors (Lipinski definition) is 3. The smallest absolute Gasteiger partial charge is 0.122 e. The Hall–Kier alpha value is -0.770. The maximum Gasteiger partial charge on any atom is 0.122 e. The summed E-state index contributed by atoms with van der Waals surface area (Å²) in [6, 6.07) is 6.56. The second-order valence-corrected chi connectivity index (χ2v) is 4.76. The molecule has 18 heavy (non-hydrogen) atoms. The highest BCUT2D eigenvalue weighted by molar-refractivity contribution is 5.85. The van der Waals surface area contributed by atoms with Crippen LogP contribution in [0.1, 0.15) is 24.5 Å². The van der Waals surface area contributed by atoms with Crippen LogP contribution in [0.15, 0.2) is 18.2 Å². The Kier molecular flexibility index (Phi) is 8.00. The number of hydrogen-bond donors (Lipinski definition) is 1. The fourth-order valence-corrected chi connectivity index (χ4v) is 1.88. The van der Waals surface area contributed by atoms with Crippen molar-refractivity contribution in [1.82, 2.24) is 4.90 Å². The Bertz CT molecular complexity index is 356. The number of methoxy groups -OCH3 is 1. The summed E-state index contributed by atoms with van der Waals surface area (Å²) in [6.45, 7) is 3.05. The summed E-state index contributed by atoms with van der Waals surface area (Å²) in [5, 5.41) is 0. The van der Waals surface area contributed by atoms with Crippen molar-refractivity contribution in [2.45, 2.75) is 32.4 Å². The SMILES string of the molecule is CCC(N)Cc1cc(CN(C)C)ccc1OC.Cl. The molecule has 4 heteroatoms. The van der Waals surface area contributed by atoms with Crippen LogP contribution < -0.4 is 10.5 Å². The van der Waals surface area contributed by atoms with Crippen molar-refractivity contribution in [2.24, 2.45) is 5.73 Å². The zero-order valence-electron chi connectivity index (χ0n) is 11.8. The van der Waals surface area contributed by atoms with Gasteiger partial charge in [0.15, 0.2) is 0 Å². The number of halogens is 1. The molecule has 1 unspecified atom stereocenters. The van der Waals surface area contributed by atoms with Crippen LogP contribution in [0, 0.1) is 0 Å². The van der Waals surface area contributed by atoms with Crippen LogP contribution in [0.5, 0.6) is 5.75 Å². The summed E-state index contributed by atoms with van der Waals surface area (Å²) in [5.74, 6) is 0.941. The van der Waals surface area contributed by atoms with Gasteiger partial charge in [-0.05, 0) is 44.1 Å². The van der Waals surface area contributed by atoms with E-state index in [-0.39, 0.29) is 18.4 Å². The van der Waals surface area contributed by atoms with Gasteiger partial charge in [-0.15, -0.1) is 12.4 Å². The van der Waals surface area contributed by atoms with Gasteiger partial charge in [-0.2, -0.15) is 0 Å². The zero-order valence-corrected chi connectivity index (χ0v) is 12.6. The molecule has 0 aliphatic carbocycles. The molecule has 0 aliphatic heterocycles. The largest absolute Gasteiger partial charge is 0.496 e. The lowest BCUT2D eigenvalue weighted by Crippen LogP contribution is -2.22. The lowest BCUT2D eigenvalue weighted by molar-refractivity contribution is 0.396. The maximum atomic E-state index is 6.01. The molecule has 1 rings (SSSR count). The Morgan fingerprint density at radius 1 is 1.33 bits per heavy atom. The Morgan fingerprint density at radius 2 is 2.00 bits per heavy atom. The Balaban J connectivity index is 0.00000289. The quantitative estimate of drug-likeness (QED) is 0.865. The summed E-state index contributed by atoms with van der Waals surface area (Å²) in [5.41, 5.74) is 8.52. The highest BCUT2D eigenvalue weighted by Gasteiger charge is 2.08. The first-order chi connectivity index (χ1) is 8.06. The van der Waals surface area contributed by atoms with Crippen molar-refractivity contribution < 1.29 is 4.74 Å². The van der Waals surface area contributed by atoms with E-state index in [1.165, 1.54) is 11.1 Å². The number of benzene rings is 1. The molecule has 104 valence electrons. The average molecular weight is 273 g/mol. The molecule has 1 atom stereocenters. The van der Waals surface area contributed by atoms with Crippen LogP contribution in [0.4, 0.5) is 0 Å². The van der Waals surface area contributed by atoms with Gasteiger partial charge in [0.1, 0.15) is 5.75 Å². The third kappa shape index (κ3) is 5.25. The number of ether oxygens (including phenoxy) is 1. The summed E-state index contributed by atoms with van der Waals surface area (Å²) in [4.78, 5) is 2.16. The molecule has 1 aromatic rings. The molecule has 0 aromatic heterocycles. The van der Waals surface area contributed by atoms with E-state index in [4.69, 9.17) is 10.5 Å². The number of rotatable bonds is 6. The first-order valence-corrected chi connectivity index (χ1v) is 6.13. The molecule has 0 saturated heterocycles. The molecule has 0 spiro atoms. The van der Waals surface area contributed by atoms with Crippen LogP contribution in [-0.2, 0) is 13.0 Å². The minimum absolute atomic E-state index is 0. The Morgan fingerprint density at radius 3 is 2.50 bits per heavy atom. The van der Waals surface area contributed by atoms with Gasteiger partial charge in [0.2, 0.25) is 0 Å². The number of nitrogens with two attached hydrogens (primary N) is 1. The van der Waals surface area contributed by atoms with Gasteiger partial charge in [-0.3, -0.25) is 0 Å². The number of nitrogens with zero attached hydrogens (tertiary/aromatic N) is 1. The molecular weight excluding hydrogens is 248 g/mol. The Labute approximate surface area is 117 Å². The van der Waals surface area contributed by atoms with Crippen molar-refractivity contribution in [1.29, 1.82) is 0 Å². The summed E-state index contributed by atoms with van der Waals surface area (Å²) in [7, 11) is 5.85. The van der Waals surface area contributed by atoms with Crippen LogP contribution >= 0.6 is 12.4 Å². The van der Waals surface area contributed by atoms with Crippen LogP contribution in [-0.4, -0.2) is 32.1 Å². The van der Waals surface area contributed by atoms with E-state index < -0.39 is 0 Å². The first-order valence-electron chi connectivity index (χ1n) is 6.13. The van der Waals surface area contributed by atoms with Gasteiger partial charge in [0.05, 0.1) is 7.11 Å².